The Labute approximate surface area is 148 Å². The highest BCUT2D eigenvalue weighted by molar-refractivity contribution is 9.10. The third-order valence-electron chi connectivity index (χ3n) is 3.20. The lowest BCUT2D eigenvalue weighted by atomic mass is 10.2. The molecule has 0 amide bonds. The quantitative estimate of drug-likeness (QED) is 0.602. The number of aromatic nitrogens is 2. The molecule has 0 aliphatic carbocycles. The highest BCUT2D eigenvalue weighted by atomic mass is 79.9. The highest BCUT2D eigenvalue weighted by Gasteiger charge is 2.03. The van der Waals surface area contributed by atoms with E-state index in [9.17, 15) is 0 Å². The first-order valence-electron chi connectivity index (χ1n) is 6.99. The molecule has 23 heavy (non-hydrogen) atoms. The van der Waals surface area contributed by atoms with Crippen molar-refractivity contribution in [3.05, 3.63) is 69.8 Å². The van der Waals surface area contributed by atoms with Gasteiger partial charge in [-0.15, -0.1) is 0 Å². The van der Waals surface area contributed by atoms with Gasteiger partial charge in [0.05, 0.1) is 0 Å². The van der Waals surface area contributed by atoms with Gasteiger partial charge in [-0.3, -0.25) is 0 Å². The van der Waals surface area contributed by atoms with E-state index < -0.39 is 0 Å². The number of hydrogen-bond acceptors (Lipinski definition) is 4. The third kappa shape index (κ3) is 4.21. The predicted octanol–water partition coefficient (Wildman–Crippen LogP) is 5.69. The Kier molecular flexibility index (Phi) is 4.79. The molecular formula is C17H14BrClN4. The Hall–Kier alpha value is -2.11. The summed E-state index contributed by atoms with van der Waals surface area (Å²) in [6, 6.07) is 15.4. The second-order valence-corrected chi connectivity index (χ2v) is 6.31. The van der Waals surface area contributed by atoms with Crippen LogP contribution in [0, 0.1) is 6.92 Å². The predicted molar refractivity (Wildman–Crippen MR) is 98.9 cm³/mol. The van der Waals surface area contributed by atoms with E-state index in [1.54, 1.807) is 6.20 Å². The maximum absolute atomic E-state index is 6.13. The van der Waals surface area contributed by atoms with Crippen molar-refractivity contribution in [3.63, 3.8) is 0 Å². The van der Waals surface area contributed by atoms with E-state index >= 15 is 0 Å². The van der Waals surface area contributed by atoms with Crippen LogP contribution in [-0.2, 0) is 0 Å². The topological polar surface area (TPSA) is 49.8 Å². The van der Waals surface area contributed by atoms with Gasteiger partial charge in [-0.1, -0.05) is 33.6 Å². The molecule has 3 rings (SSSR count). The molecule has 0 aliphatic heterocycles. The lowest BCUT2D eigenvalue weighted by molar-refractivity contribution is 1.16. The monoisotopic (exact) mass is 388 g/mol. The Bertz CT molecular complexity index is 821. The fourth-order valence-corrected chi connectivity index (χ4v) is 2.41. The number of hydrogen-bond donors (Lipinski definition) is 2. The van der Waals surface area contributed by atoms with E-state index in [0.29, 0.717) is 16.8 Å². The van der Waals surface area contributed by atoms with E-state index in [-0.39, 0.29) is 0 Å². The van der Waals surface area contributed by atoms with Gasteiger partial charge in [0.2, 0.25) is 5.95 Å². The van der Waals surface area contributed by atoms with Crippen molar-refractivity contribution in [2.45, 2.75) is 6.92 Å². The minimum absolute atomic E-state index is 0.507. The van der Waals surface area contributed by atoms with Crippen molar-refractivity contribution >= 4 is 50.7 Å². The van der Waals surface area contributed by atoms with Gasteiger partial charge in [0.1, 0.15) is 5.82 Å². The molecule has 1 aromatic heterocycles. The standard InChI is InChI=1S/C17H14BrClN4/c1-11-2-5-14(10-15(11)19)22-17-20-9-8-16(23-17)21-13-6-3-12(18)4-7-13/h2-10H,1H3,(H2,20,21,22,23). The lowest BCUT2D eigenvalue weighted by Crippen LogP contribution is -2.00. The molecule has 0 atom stereocenters. The first kappa shape index (κ1) is 15.8. The van der Waals surface area contributed by atoms with E-state index in [1.807, 2.05) is 55.5 Å². The maximum Gasteiger partial charge on any atom is 0.229 e. The van der Waals surface area contributed by atoms with Crippen LogP contribution < -0.4 is 10.6 Å². The molecule has 0 fully saturated rings. The summed E-state index contributed by atoms with van der Waals surface area (Å²) in [7, 11) is 0. The van der Waals surface area contributed by atoms with E-state index in [0.717, 1.165) is 21.4 Å². The van der Waals surface area contributed by atoms with Crippen LogP contribution in [0.4, 0.5) is 23.1 Å². The van der Waals surface area contributed by atoms with Crippen LogP contribution in [0.15, 0.2) is 59.2 Å². The summed E-state index contributed by atoms with van der Waals surface area (Å²) >= 11 is 9.55. The largest absolute Gasteiger partial charge is 0.340 e. The average molecular weight is 390 g/mol. The molecule has 4 nitrogen and oxygen atoms in total. The smallest absolute Gasteiger partial charge is 0.229 e. The van der Waals surface area contributed by atoms with Crippen molar-refractivity contribution < 1.29 is 0 Å². The molecule has 0 spiro atoms. The summed E-state index contributed by atoms with van der Waals surface area (Å²) < 4.78 is 1.03. The fourth-order valence-electron chi connectivity index (χ4n) is 1.97. The summed E-state index contributed by atoms with van der Waals surface area (Å²) in [6.45, 7) is 1.96. The van der Waals surface area contributed by atoms with Gasteiger partial charge in [0, 0.05) is 27.1 Å². The number of nitrogens with one attached hydrogen (secondary N) is 2. The van der Waals surface area contributed by atoms with Crippen LogP contribution in [-0.4, -0.2) is 9.97 Å². The summed E-state index contributed by atoms with van der Waals surface area (Å²) in [5.74, 6) is 1.22. The van der Waals surface area contributed by atoms with Crippen LogP contribution in [0.1, 0.15) is 5.56 Å². The van der Waals surface area contributed by atoms with Gasteiger partial charge in [-0.05, 0) is 55.0 Å². The molecule has 0 radical (unpaired) electrons. The Morgan fingerprint density at radius 2 is 1.70 bits per heavy atom. The van der Waals surface area contributed by atoms with Crippen molar-refractivity contribution in [2.24, 2.45) is 0 Å². The molecule has 3 aromatic rings. The molecule has 0 unspecified atom stereocenters. The van der Waals surface area contributed by atoms with E-state index in [2.05, 4.69) is 36.5 Å². The van der Waals surface area contributed by atoms with E-state index in [4.69, 9.17) is 11.6 Å². The number of rotatable bonds is 4. The molecule has 2 N–H and O–H groups in total. The molecule has 1 heterocycles. The van der Waals surface area contributed by atoms with Gasteiger partial charge in [0.15, 0.2) is 0 Å². The molecule has 2 aromatic carbocycles. The van der Waals surface area contributed by atoms with Crippen LogP contribution >= 0.6 is 27.5 Å². The highest BCUT2D eigenvalue weighted by Crippen LogP contribution is 2.23. The summed E-state index contributed by atoms with van der Waals surface area (Å²) in [4.78, 5) is 8.68. The number of anilines is 4. The Balaban J connectivity index is 1.76. The first-order valence-corrected chi connectivity index (χ1v) is 8.16. The van der Waals surface area contributed by atoms with Crippen LogP contribution in [0.25, 0.3) is 0 Å². The van der Waals surface area contributed by atoms with Crippen LogP contribution in [0.3, 0.4) is 0 Å². The lowest BCUT2D eigenvalue weighted by Gasteiger charge is -2.09. The SMILES string of the molecule is Cc1ccc(Nc2nccc(Nc3ccc(Br)cc3)n2)cc1Cl. The number of halogens is 2. The maximum atomic E-state index is 6.13. The molecule has 116 valence electrons. The zero-order chi connectivity index (χ0) is 16.2. The second kappa shape index (κ2) is 6.98. The minimum atomic E-state index is 0.507. The third-order valence-corrected chi connectivity index (χ3v) is 4.14. The molecule has 6 heteroatoms. The van der Waals surface area contributed by atoms with Crippen molar-refractivity contribution in [2.75, 3.05) is 10.6 Å². The van der Waals surface area contributed by atoms with Crippen LogP contribution in [0.5, 0.6) is 0 Å². The molecule has 0 saturated carbocycles. The van der Waals surface area contributed by atoms with Crippen molar-refractivity contribution in [3.8, 4) is 0 Å². The molecule has 0 saturated heterocycles. The minimum Gasteiger partial charge on any atom is -0.340 e. The molecular weight excluding hydrogens is 376 g/mol. The second-order valence-electron chi connectivity index (χ2n) is 4.99. The Morgan fingerprint density at radius 1 is 0.957 bits per heavy atom. The number of benzene rings is 2. The fraction of sp³-hybridized carbons (Fsp3) is 0.0588. The van der Waals surface area contributed by atoms with E-state index in [1.165, 1.54) is 0 Å². The molecule has 0 bridgehead atoms. The average Bonchev–Trinajstić information content (AvgIpc) is 2.54. The summed E-state index contributed by atoms with van der Waals surface area (Å²) in [5.41, 5.74) is 2.83. The zero-order valence-corrected chi connectivity index (χ0v) is 14.7. The van der Waals surface area contributed by atoms with Gasteiger partial charge < -0.3 is 10.6 Å². The summed E-state index contributed by atoms with van der Waals surface area (Å²) in [6.07, 6.45) is 1.70. The van der Waals surface area contributed by atoms with Crippen LogP contribution in [0.2, 0.25) is 5.02 Å². The van der Waals surface area contributed by atoms with Gasteiger partial charge >= 0.3 is 0 Å². The summed E-state index contributed by atoms with van der Waals surface area (Å²) in [5, 5.41) is 7.10. The van der Waals surface area contributed by atoms with Crippen molar-refractivity contribution in [1.82, 2.24) is 9.97 Å². The van der Waals surface area contributed by atoms with Gasteiger partial charge in [-0.25, -0.2) is 4.98 Å². The van der Waals surface area contributed by atoms with Gasteiger partial charge in [-0.2, -0.15) is 4.98 Å². The van der Waals surface area contributed by atoms with Gasteiger partial charge in [0.25, 0.3) is 0 Å². The number of aryl methyl sites for hydroxylation is 1. The first-order chi connectivity index (χ1) is 11.1. The normalized spacial score (nSPS) is 10.4. The molecule has 0 aliphatic rings. The number of nitrogens with zero attached hydrogens (tertiary/aromatic N) is 2. The zero-order valence-electron chi connectivity index (χ0n) is 12.3. The van der Waals surface area contributed by atoms with Crippen molar-refractivity contribution in [1.29, 1.82) is 0 Å². The Morgan fingerprint density at radius 3 is 2.43 bits per heavy atom.